The largest absolute Gasteiger partial charge is 0.332 e. The third-order valence-electron chi connectivity index (χ3n) is 3.91. The summed E-state index contributed by atoms with van der Waals surface area (Å²) in [4.78, 5) is 16.9. The molecule has 0 amide bonds. The molecule has 0 bridgehead atoms. The molecule has 2 heterocycles. The molecule has 3 rings (SSSR count). The van der Waals surface area contributed by atoms with Gasteiger partial charge >= 0.3 is 0 Å². The standard InChI is InChI=1S/C17H18Cl2N4O/c1-2-3-4-13-16(10-22-8-7-20-11-22)21-23(17(13)24)12-5-6-14(18)15(19)9-12/h5-9,11,21H,2-4,10H2,1H3. The van der Waals surface area contributed by atoms with Gasteiger partial charge < -0.3 is 4.57 Å². The number of unbranched alkanes of at least 4 members (excludes halogenated alkanes) is 1. The highest BCUT2D eigenvalue weighted by Gasteiger charge is 2.15. The Hall–Kier alpha value is -1.98. The number of aromatic amines is 1. The van der Waals surface area contributed by atoms with Crippen molar-refractivity contribution in [3.63, 3.8) is 0 Å². The molecule has 0 aliphatic heterocycles. The van der Waals surface area contributed by atoms with Gasteiger partial charge in [-0.1, -0.05) is 36.5 Å². The lowest BCUT2D eigenvalue weighted by Gasteiger charge is -2.04. The van der Waals surface area contributed by atoms with Gasteiger partial charge in [-0.15, -0.1) is 0 Å². The minimum absolute atomic E-state index is 0.0445. The Morgan fingerprint density at radius 3 is 2.75 bits per heavy atom. The summed E-state index contributed by atoms with van der Waals surface area (Å²) in [5, 5.41) is 4.10. The number of rotatable bonds is 6. The average Bonchev–Trinajstić information content (AvgIpc) is 3.17. The summed E-state index contributed by atoms with van der Waals surface area (Å²) in [5.74, 6) is 0. The Balaban J connectivity index is 2.04. The summed E-state index contributed by atoms with van der Waals surface area (Å²) in [6.07, 6.45) is 8.06. The first kappa shape index (κ1) is 16.9. The predicted octanol–water partition coefficient (Wildman–Crippen LogP) is 4.06. The van der Waals surface area contributed by atoms with Crippen molar-refractivity contribution in [3.05, 3.63) is 68.6 Å². The van der Waals surface area contributed by atoms with Crippen LogP contribution in [0.3, 0.4) is 0 Å². The van der Waals surface area contributed by atoms with Crippen LogP contribution >= 0.6 is 23.2 Å². The van der Waals surface area contributed by atoms with Gasteiger partial charge in [0.1, 0.15) is 0 Å². The second-order valence-electron chi connectivity index (χ2n) is 5.65. The van der Waals surface area contributed by atoms with Gasteiger partial charge in [-0.25, -0.2) is 9.67 Å². The topological polar surface area (TPSA) is 55.6 Å². The molecule has 3 aromatic rings. The second-order valence-corrected chi connectivity index (χ2v) is 6.46. The fourth-order valence-electron chi connectivity index (χ4n) is 2.63. The summed E-state index contributed by atoms with van der Waals surface area (Å²) >= 11 is 12.1. The van der Waals surface area contributed by atoms with E-state index in [0.717, 1.165) is 30.5 Å². The SMILES string of the molecule is CCCCc1c(Cn2ccnc2)[nH]n(-c2ccc(Cl)c(Cl)c2)c1=O. The second kappa shape index (κ2) is 7.28. The molecule has 24 heavy (non-hydrogen) atoms. The van der Waals surface area contributed by atoms with Gasteiger partial charge in [0, 0.05) is 18.0 Å². The Labute approximate surface area is 149 Å². The molecule has 1 aromatic carbocycles. The van der Waals surface area contributed by atoms with Crippen molar-refractivity contribution < 1.29 is 0 Å². The van der Waals surface area contributed by atoms with Crippen molar-refractivity contribution in [3.8, 4) is 5.69 Å². The van der Waals surface area contributed by atoms with Gasteiger partial charge in [0.25, 0.3) is 5.56 Å². The fourth-order valence-corrected chi connectivity index (χ4v) is 2.92. The highest BCUT2D eigenvalue weighted by Crippen LogP contribution is 2.24. The molecular formula is C17H18Cl2N4O. The van der Waals surface area contributed by atoms with Crippen molar-refractivity contribution >= 4 is 23.2 Å². The normalized spacial score (nSPS) is 11.1. The number of benzene rings is 1. The molecule has 0 radical (unpaired) electrons. The number of imidazole rings is 1. The third-order valence-corrected chi connectivity index (χ3v) is 4.65. The molecule has 0 atom stereocenters. The lowest BCUT2D eigenvalue weighted by Crippen LogP contribution is -2.17. The molecule has 1 N–H and O–H groups in total. The minimum atomic E-state index is -0.0445. The number of nitrogens with one attached hydrogen (secondary N) is 1. The molecule has 0 aliphatic rings. The van der Waals surface area contributed by atoms with Crippen LogP contribution in [0.4, 0.5) is 0 Å². The van der Waals surface area contributed by atoms with E-state index in [4.69, 9.17) is 23.2 Å². The third kappa shape index (κ3) is 3.42. The van der Waals surface area contributed by atoms with Gasteiger partial charge in [-0.3, -0.25) is 9.89 Å². The molecule has 5 nitrogen and oxygen atoms in total. The van der Waals surface area contributed by atoms with E-state index >= 15 is 0 Å². The number of H-pyrrole nitrogens is 1. The summed E-state index contributed by atoms with van der Waals surface area (Å²) in [6, 6.07) is 5.15. The van der Waals surface area contributed by atoms with E-state index in [2.05, 4.69) is 17.0 Å². The molecule has 0 fully saturated rings. The monoisotopic (exact) mass is 364 g/mol. The van der Waals surface area contributed by atoms with Crippen molar-refractivity contribution in [1.29, 1.82) is 0 Å². The van der Waals surface area contributed by atoms with Gasteiger partial charge in [-0.2, -0.15) is 0 Å². The van der Waals surface area contributed by atoms with Crippen LogP contribution in [0, 0.1) is 0 Å². The van der Waals surface area contributed by atoms with E-state index in [1.54, 1.807) is 30.7 Å². The summed E-state index contributed by atoms with van der Waals surface area (Å²) in [5.41, 5.74) is 2.31. The van der Waals surface area contributed by atoms with E-state index in [0.29, 0.717) is 22.3 Å². The van der Waals surface area contributed by atoms with Gasteiger partial charge in [-0.05, 0) is 31.0 Å². The minimum Gasteiger partial charge on any atom is -0.332 e. The first-order valence-electron chi connectivity index (χ1n) is 7.84. The molecule has 2 aromatic heterocycles. The Kier molecular flexibility index (Phi) is 5.11. The van der Waals surface area contributed by atoms with Crippen molar-refractivity contribution in [1.82, 2.24) is 19.3 Å². The molecule has 0 saturated heterocycles. The van der Waals surface area contributed by atoms with Crippen LogP contribution in [0.15, 0.2) is 41.7 Å². The molecule has 126 valence electrons. The quantitative estimate of drug-likeness (QED) is 0.716. The van der Waals surface area contributed by atoms with Crippen molar-refractivity contribution in [2.24, 2.45) is 0 Å². The maximum absolute atomic E-state index is 12.9. The highest BCUT2D eigenvalue weighted by atomic mass is 35.5. The van der Waals surface area contributed by atoms with Crippen LogP contribution in [0.2, 0.25) is 10.0 Å². The average molecular weight is 365 g/mol. The lowest BCUT2D eigenvalue weighted by atomic mass is 10.1. The maximum Gasteiger partial charge on any atom is 0.274 e. The van der Waals surface area contributed by atoms with E-state index in [1.807, 2.05) is 10.8 Å². The first-order valence-corrected chi connectivity index (χ1v) is 8.59. The molecular weight excluding hydrogens is 347 g/mol. The van der Waals surface area contributed by atoms with Crippen molar-refractivity contribution in [2.75, 3.05) is 0 Å². The summed E-state index contributed by atoms with van der Waals surface area (Å²) < 4.78 is 3.46. The van der Waals surface area contributed by atoms with Crippen LogP contribution < -0.4 is 5.56 Å². The first-order chi connectivity index (χ1) is 11.6. The zero-order valence-corrected chi connectivity index (χ0v) is 14.8. The van der Waals surface area contributed by atoms with Crippen LogP contribution in [-0.4, -0.2) is 19.3 Å². The van der Waals surface area contributed by atoms with E-state index in [9.17, 15) is 4.79 Å². The summed E-state index contributed by atoms with van der Waals surface area (Å²) in [7, 11) is 0. The number of aromatic nitrogens is 4. The number of hydrogen-bond acceptors (Lipinski definition) is 2. The van der Waals surface area contributed by atoms with Crippen molar-refractivity contribution in [2.45, 2.75) is 32.7 Å². The molecule has 0 unspecified atom stereocenters. The summed E-state index contributed by atoms with van der Waals surface area (Å²) in [6.45, 7) is 2.68. The number of halogens is 2. The van der Waals surface area contributed by atoms with Gasteiger partial charge in [0.05, 0.1) is 34.3 Å². The molecule has 0 spiro atoms. The highest BCUT2D eigenvalue weighted by molar-refractivity contribution is 6.42. The Bertz CT molecular complexity index is 881. The zero-order valence-electron chi connectivity index (χ0n) is 13.3. The van der Waals surface area contributed by atoms with E-state index in [-0.39, 0.29) is 5.56 Å². The van der Waals surface area contributed by atoms with E-state index in [1.165, 1.54) is 4.68 Å². The fraction of sp³-hybridized carbons (Fsp3) is 0.294. The van der Waals surface area contributed by atoms with Gasteiger partial charge in [0.15, 0.2) is 0 Å². The zero-order chi connectivity index (χ0) is 17.1. The molecule has 0 saturated carbocycles. The number of hydrogen-bond donors (Lipinski definition) is 1. The lowest BCUT2D eigenvalue weighted by molar-refractivity contribution is 0.728. The Morgan fingerprint density at radius 1 is 1.25 bits per heavy atom. The number of nitrogens with zero attached hydrogens (tertiary/aromatic N) is 3. The Morgan fingerprint density at radius 2 is 2.08 bits per heavy atom. The predicted molar refractivity (Wildman–Crippen MR) is 96.4 cm³/mol. The molecule has 0 aliphatic carbocycles. The van der Waals surface area contributed by atoms with E-state index < -0.39 is 0 Å². The van der Waals surface area contributed by atoms with Crippen LogP contribution in [-0.2, 0) is 13.0 Å². The van der Waals surface area contributed by atoms with Crippen LogP contribution in [0.1, 0.15) is 31.0 Å². The van der Waals surface area contributed by atoms with Crippen LogP contribution in [0.5, 0.6) is 0 Å². The maximum atomic E-state index is 12.9. The van der Waals surface area contributed by atoms with Gasteiger partial charge in [0.2, 0.25) is 0 Å². The molecule has 7 heteroatoms. The smallest absolute Gasteiger partial charge is 0.274 e. The van der Waals surface area contributed by atoms with Crippen LogP contribution in [0.25, 0.3) is 5.69 Å².